The molecule has 0 bridgehead atoms. The Morgan fingerprint density at radius 2 is 1.70 bits per heavy atom. The van der Waals surface area contributed by atoms with Gasteiger partial charge in [0.2, 0.25) is 5.91 Å². The van der Waals surface area contributed by atoms with Crippen LogP contribution in [0.5, 0.6) is 5.75 Å². The van der Waals surface area contributed by atoms with Crippen LogP contribution in [0.4, 0.5) is 5.69 Å². The van der Waals surface area contributed by atoms with Gasteiger partial charge < -0.3 is 10.1 Å². The molecule has 3 aromatic rings. The topological polar surface area (TPSA) is 73.2 Å². The first-order chi connectivity index (χ1) is 14.4. The number of ether oxygens (including phenoxy) is 1. The normalized spacial score (nSPS) is 11.9. The van der Waals surface area contributed by atoms with Crippen LogP contribution in [-0.4, -0.2) is 33.6 Å². The van der Waals surface area contributed by atoms with Gasteiger partial charge in [0, 0.05) is 35.2 Å². The first-order valence-corrected chi connectivity index (χ1v) is 10.6. The van der Waals surface area contributed by atoms with Crippen molar-refractivity contribution in [3.63, 3.8) is 0 Å². The summed E-state index contributed by atoms with van der Waals surface area (Å²) < 4.78 is 7.15. The smallest absolute Gasteiger partial charge is 0.226 e. The lowest BCUT2D eigenvalue weighted by Crippen LogP contribution is -2.18. The number of methoxy groups -OCH3 is 1. The summed E-state index contributed by atoms with van der Waals surface area (Å²) in [5.41, 5.74) is 2.22. The molecule has 1 aromatic heterocycles. The van der Waals surface area contributed by atoms with E-state index in [9.17, 15) is 9.59 Å². The van der Waals surface area contributed by atoms with Crippen LogP contribution in [0.3, 0.4) is 0 Å². The fourth-order valence-electron chi connectivity index (χ4n) is 2.77. The molecule has 30 heavy (non-hydrogen) atoms. The number of anilines is 1. The molecule has 156 valence electrons. The average molecular weight is 424 g/mol. The predicted octanol–water partition coefficient (Wildman–Crippen LogP) is 4.84. The zero-order chi connectivity index (χ0) is 21.7. The molecule has 1 amide bonds. The van der Waals surface area contributed by atoms with Gasteiger partial charge in [-0.05, 0) is 55.5 Å². The number of aromatic nitrogens is 2. The molecular formula is C23H25N3O3S. The number of nitrogens with one attached hydrogen (secondary N) is 1. The van der Waals surface area contributed by atoms with Gasteiger partial charge in [-0.15, -0.1) is 0 Å². The quantitative estimate of drug-likeness (QED) is 0.415. The monoisotopic (exact) mass is 423 g/mol. The third kappa shape index (κ3) is 5.10. The molecule has 0 aliphatic rings. The number of hydrogen-bond donors (Lipinski definition) is 1. The van der Waals surface area contributed by atoms with E-state index in [1.54, 1.807) is 37.6 Å². The first kappa shape index (κ1) is 21.6. The van der Waals surface area contributed by atoms with Crippen LogP contribution in [0.1, 0.15) is 31.1 Å². The summed E-state index contributed by atoms with van der Waals surface area (Å²) in [6.45, 7) is 5.54. The second-order valence-corrected chi connectivity index (χ2v) is 8.43. The van der Waals surface area contributed by atoms with E-state index in [1.807, 2.05) is 55.8 Å². The summed E-state index contributed by atoms with van der Waals surface area (Å²) >= 11 is 1.40. The fourth-order valence-corrected chi connectivity index (χ4v) is 3.73. The Kier molecular flexibility index (Phi) is 6.95. The molecule has 0 spiro atoms. The number of rotatable bonds is 8. The number of benzene rings is 2. The van der Waals surface area contributed by atoms with Crippen LogP contribution < -0.4 is 10.1 Å². The van der Waals surface area contributed by atoms with Crippen LogP contribution >= 0.6 is 11.8 Å². The van der Waals surface area contributed by atoms with Crippen molar-refractivity contribution in [1.29, 1.82) is 0 Å². The predicted molar refractivity (Wildman–Crippen MR) is 120 cm³/mol. The summed E-state index contributed by atoms with van der Waals surface area (Å²) in [5.74, 6) is 0.635. The molecule has 1 atom stereocenters. The largest absolute Gasteiger partial charge is 0.497 e. The van der Waals surface area contributed by atoms with Gasteiger partial charge in [0.15, 0.2) is 10.9 Å². The van der Waals surface area contributed by atoms with E-state index >= 15 is 0 Å². The third-order valence-electron chi connectivity index (χ3n) is 4.57. The number of hydrogen-bond acceptors (Lipinski definition) is 5. The number of ketones is 1. The van der Waals surface area contributed by atoms with Crippen molar-refractivity contribution in [3.05, 3.63) is 66.5 Å². The molecule has 0 aliphatic carbocycles. The van der Waals surface area contributed by atoms with Crippen molar-refractivity contribution in [1.82, 2.24) is 9.55 Å². The molecule has 1 heterocycles. The first-order valence-electron chi connectivity index (χ1n) is 9.68. The molecule has 0 radical (unpaired) electrons. The van der Waals surface area contributed by atoms with Crippen molar-refractivity contribution in [2.75, 3.05) is 12.4 Å². The molecule has 7 heteroatoms. The van der Waals surface area contributed by atoms with E-state index in [0.717, 1.165) is 16.6 Å². The van der Waals surface area contributed by atoms with E-state index in [4.69, 9.17) is 4.74 Å². The maximum atomic E-state index is 12.9. The van der Waals surface area contributed by atoms with Crippen molar-refractivity contribution in [3.8, 4) is 11.4 Å². The number of Topliss-reactive ketones (excluding diaryl/α,β-unsaturated/α-hetero) is 1. The van der Waals surface area contributed by atoms with Crippen LogP contribution in [0.25, 0.3) is 5.69 Å². The van der Waals surface area contributed by atoms with Gasteiger partial charge in [0.25, 0.3) is 0 Å². The number of carbonyl (C=O) groups excluding carboxylic acids is 2. The third-order valence-corrected chi connectivity index (χ3v) is 5.65. The number of nitrogens with zero attached hydrogens (tertiary/aromatic N) is 2. The second-order valence-electron chi connectivity index (χ2n) is 7.12. The van der Waals surface area contributed by atoms with Gasteiger partial charge in [0.05, 0.1) is 12.4 Å². The lowest BCUT2D eigenvalue weighted by molar-refractivity contribution is -0.118. The summed E-state index contributed by atoms with van der Waals surface area (Å²) in [7, 11) is 1.63. The fraction of sp³-hybridized carbons (Fsp3) is 0.261. The zero-order valence-corrected chi connectivity index (χ0v) is 18.3. The van der Waals surface area contributed by atoms with Crippen LogP contribution in [0.15, 0.2) is 66.1 Å². The molecule has 2 aromatic carbocycles. The molecule has 6 nitrogen and oxygen atoms in total. The Labute approximate surface area is 180 Å². The van der Waals surface area contributed by atoms with E-state index in [2.05, 4.69) is 10.3 Å². The molecule has 1 N–H and O–H groups in total. The Hall–Kier alpha value is -3.06. The number of thioether (sulfide) groups is 1. The average Bonchev–Trinajstić information content (AvgIpc) is 3.21. The highest BCUT2D eigenvalue weighted by atomic mass is 32.2. The summed E-state index contributed by atoms with van der Waals surface area (Å²) in [6.07, 6.45) is 3.59. The lowest BCUT2D eigenvalue weighted by Gasteiger charge is -2.13. The molecule has 3 rings (SSSR count). The van der Waals surface area contributed by atoms with Crippen molar-refractivity contribution in [2.24, 2.45) is 5.92 Å². The number of imidazole rings is 1. The molecule has 0 aliphatic heterocycles. The van der Waals surface area contributed by atoms with E-state index in [1.165, 1.54) is 11.8 Å². The summed E-state index contributed by atoms with van der Waals surface area (Å²) in [4.78, 5) is 29.1. The van der Waals surface area contributed by atoms with Gasteiger partial charge >= 0.3 is 0 Å². The Bertz CT molecular complexity index is 1010. The van der Waals surface area contributed by atoms with Crippen LogP contribution in [-0.2, 0) is 4.79 Å². The minimum Gasteiger partial charge on any atom is -0.497 e. The summed E-state index contributed by atoms with van der Waals surface area (Å²) in [6, 6.07) is 14.7. The van der Waals surface area contributed by atoms with Crippen molar-refractivity contribution in [2.45, 2.75) is 31.2 Å². The van der Waals surface area contributed by atoms with Gasteiger partial charge in [-0.25, -0.2) is 4.98 Å². The Balaban J connectivity index is 1.69. The summed E-state index contributed by atoms with van der Waals surface area (Å²) in [5, 5.41) is 3.25. The van der Waals surface area contributed by atoms with Crippen LogP contribution in [0.2, 0.25) is 0 Å². The minimum atomic E-state index is -0.319. The Morgan fingerprint density at radius 1 is 1.03 bits per heavy atom. The number of carbonyl (C=O) groups is 2. The molecule has 0 fully saturated rings. The molecule has 0 saturated heterocycles. The highest BCUT2D eigenvalue weighted by Crippen LogP contribution is 2.27. The SMILES string of the molecule is COc1ccc(-n2ccnc2S[C@@H](C)C(=O)c2ccc(NC(=O)C(C)C)cc2)cc1. The molecule has 0 saturated carbocycles. The van der Waals surface area contributed by atoms with Gasteiger partial charge in [-0.3, -0.25) is 14.2 Å². The maximum absolute atomic E-state index is 12.9. The highest BCUT2D eigenvalue weighted by molar-refractivity contribution is 8.00. The van der Waals surface area contributed by atoms with Gasteiger partial charge in [0.1, 0.15) is 5.75 Å². The zero-order valence-electron chi connectivity index (χ0n) is 17.5. The standard InChI is InChI=1S/C23H25N3O3S/c1-15(2)22(28)25-18-7-5-17(6-8-18)21(27)16(3)30-23-24-13-14-26(23)19-9-11-20(29-4)12-10-19/h5-16H,1-4H3,(H,25,28)/t16-/m0/s1. The molecular weight excluding hydrogens is 398 g/mol. The molecule has 0 unspecified atom stereocenters. The van der Waals surface area contributed by atoms with Crippen molar-refractivity contribution < 1.29 is 14.3 Å². The van der Waals surface area contributed by atoms with Crippen molar-refractivity contribution >= 4 is 29.1 Å². The highest BCUT2D eigenvalue weighted by Gasteiger charge is 2.19. The lowest BCUT2D eigenvalue weighted by atomic mass is 10.1. The van der Waals surface area contributed by atoms with E-state index < -0.39 is 0 Å². The number of amides is 1. The van der Waals surface area contributed by atoms with Crippen LogP contribution in [0, 0.1) is 5.92 Å². The maximum Gasteiger partial charge on any atom is 0.226 e. The van der Waals surface area contributed by atoms with Gasteiger partial charge in [-0.1, -0.05) is 25.6 Å². The minimum absolute atomic E-state index is 0.00557. The van der Waals surface area contributed by atoms with E-state index in [0.29, 0.717) is 11.3 Å². The second kappa shape index (κ2) is 9.63. The Morgan fingerprint density at radius 3 is 2.30 bits per heavy atom. The van der Waals surface area contributed by atoms with E-state index in [-0.39, 0.29) is 22.9 Å². The van der Waals surface area contributed by atoms with Gasteiger partial charge in [-0.2, -0.15) is 0 Å².